The molecule has 0 saturated carbocycles. The molecule has 13 rings (SSSR count). The van der Waals surface area contributed by atoms with E-state index in [-0.39, 0.29) is 0 Å². The van der Waals surface area contributed by atoms with Gasteiger partial charge in [0.2, 0.25) is 0 Å². The van der Waals surface area contributed by atoms with Crippen molar-refractivity contribution in [1.82, 2.24) is 0 Å². The van der Waals surface area contributed by atoms with Crippen molar-refractivity contribution in [3.8, 4) is 66.8 Å². The van der Waals surface area contributed by atoms with E-state index in [1.807, 2.05) is 12.1 Å². The first-order valence-electron chi connectivity index (χ1n) is 24.0. The van der Waals surface area contributed by atoms with Gasteiger partial charge >= 0.3 is 0 Å². The lowest BCUT2D eigenvalue weighted by atomic mass is 9.77. The minimum Gasteiger partial charge on any atom is -0.456 e. The maximum Gasteiger partial charge on any atom is 0.137 e. The second-order valence-electron chi connectivity index (χ2n) is 18.0. The minimum atomic E-state index is 0.857. The lowest BCUT2D eigenvalue weighted by Gasteiger charge is -2.27. The summed E-state index contributed by atoms with van der Waals surface area (Å²) in [6.07, 6.45) is 0. The second-order valence-corrected chi connectivity index (χ2v) is 18.0. The fourth-order valence-electron chi connectivity index (χ4n) is 10.6. The van der Waals surface area contributed by atoms with Gasteiger partial charge in [-0.05, 0) is 137 Å². The largest absolute Gasteiger partial charge is 0.456 e. The summed E-state index contributed by atoms with van der Waals surface area (Å²) < 4.78 is 6.49. The van der Waals surface area contributed by atoms with Crippen LogP contribution in [-0.4, -0.2) is 0 Å². The first-order valence-corrected chi connectivity index (χ1v) is 24.0. The van der Waals surface area contributed by atoms with E-state index in [2.05, 4.69) is 266 Å². The highest BCUT2D eigenvalue weighted by Crippen LogP contribution is 2.53. The summed E-state index contributed by atoms with van der Waals surface area (Å²) in [5.41, 5.74) is 19.1. The van der Waals surface area contributed by atoms with E-state index in [9.17, 15) is 0 Å². The van der Waals surface area contributed by atoms with E-state index >= 15 is 0 Å². The van der Waals surface area contributed by atoms with Gasteiger partial charge in [0.25, 0.3) is 0 Å². The number of nitrogens with zero attached hydrogens (tertiary/aromatic N) is 1. The van der Waals surface area contributed by atoms with Crippen molar-refractivity contribution in [2.45, 2.75) is 0 Å². The predicted octanol–water partition coefficient (Wildman–Crippen LogP) is 19.4. The van der Waals surface area contributed by atoms with Crippen molar-refractivity contribution < 1.29 is 4.42 Å². The van der Waals surface area contributed by atoms with Gasteiger partial charge in [-0.3, -0.25) is 0 Å². The lowest BCUT2D eigenvalue weighted by Crippen LogP contribution is -2.09. The third-order valence-corrected chi connectivity index (χ3v) is 13.8. The van der Waals surface area contributed by atoms with Crippen molar-refractivity contribution in [2.75, 3.05) is 4.90 Å². The van der Waals surface area contributed by atoms with Crippen LogP contribution in [0.25, 0.3) is 110 Å². The summed E-state index contributed by atoms with van der Waals surface area (Å²) in [5.74, 6) is 0. The van der Waals surface area contributed by atoms with E-state index in [0.29, 0.717) is 0 Å². The molecule has 0 radical (unpaired) electrons. The van der Waals surface area contributed by atoms with Gasteiger partial charge in [0, 0.05) is 33.9 Å². The molecule has 0 aliphatic carbocycles. The molecule has 0 aliphatic rings. The van der Waals surface area contributed by atoms with Crippen molar-refractivity contribution in [3.63, 3.8) is 0 Å². The van der Waals surface area contributed by atoms with Crippen LogP contribution in [0.4, 0.5) is 17.1 Å². The summed E-state index contributed by atoms with van der Waals surface area (Å²) >= 11 is 0. The van der Waals surface area contributed by atoms with Crippen LogP contribution in [0.15, 0.2) is 277 Å². The fraction of sp³-hybridized carbons (Fsp3) is 0. The highest BCUT2D eigenvalue weighted by atomic mass is 16.3. The normalized spacial score (nSPS) is 11.4. The zero-order chi connectivity index (χ0) is 46.4. The highest BCUT2D eigenvalue weighted by molar-refractivity contribution is 6.22. The molecule has 0 aliphatic heterocycles. The molecule has 2 nitrogen and oxygen atoms in total. The van der Waals surface area contributed by atoms with Crippen molar-refractivity contribution >= 4 is 60.5 Å². The summed E-state index contributed by atoms with van der Waals surface area (Å²) in [7, 11) is 0. The molecule has 0 atom stereocenters. The van der Waals surface area contributed by atoms with E-state index in [1.54, 1.807) is 0 Å². The number of hydrogen-bond donors (Lipinski definition) is 0. The van der Waals surface area contributed by atoms with E-state index in [4.69, 9.17) is 4.42 Å². The molecule has 0 fully saturated rings. The SMILES string of the molecule is c1ccc(-c2c(-c3ccccc3)c(-c3ccccc3)c3c(-c4ccc(N(c5ccc(-c6ccc7ccccc7c6)cc5)c5ccc6c(c5)oc5ccccc56)cc4)cccc3c2-c2ccccc2)cc1. The number of furan rings is 1. The van der Waals surface area contributed by atoms with Gasteiger partial charge in [0.15, 0.2) is 0 Å². The van der Waals surface area contributed by atoms with Gasteiger partial charge in [-0.1, -0.05) is 218 Å². The Morgan fingerprint density at radius 3 is 1.36 bits per heavy atom. The molecule has 1 aromatic heterocycles. The summed E-state index contributed by atoms with van der Waals surface area (Å²) in [6.45, 7) is 0. The molecule has 0 spiro atoms. The number of hydrogen-bond acceptors (Lipinski definition) is 2. The third kappa shape index (κ3) is 7.22. The van der Waals surface area contributed by atoms with Gasteiger partial charge in [-0.2, -0.15) is 0 Å². The molecule has 0 N–H and O–H groups in total. The van der Waals surface area contributed by atoms with Crippen molar-refractivity contribution in [3.05, 3.63) is 273 Å². The third-order valence-electron chi connectivity index (χ3n) is 13.8. The van der Waals surface area contributed by atoms with Crippen LogP contribution < -0.4 is 4.90 Å². The molecule has 328 valence electrons. The summed E-state index contributed by atoms with van der Waals surface area (Å²) in [5, 5.41) is 7.12. The average Bonchev–Trinajstić information content (AvgIpc) is 3.81. The standard InChI is InChI=1S/C68H45NO/c1-5-19-49(20-6-1)64-61-30-17-29-58(68(61)67(52-25-11-4-12-26-52)66(51-23-9-3-10-24-51)65(64)50-21-7-2-8-22-50)48-36-40-56(41-37-48)69(57-42-43-60-59-28-15-16-31-62(59)70-63(60)45-57)55-38-34-47(35-39-55)54-33-32-46-18-13-14-27-53(46)44-54/h1-45H. The van der Waals surface area contributed by atoms with Crippen LogP contribution in [0.1, 0.15) is 0 Å². The molecule has 2 heteroatoms. The Bertz CT molecular complexity index is 4010. The van der Waals surface area contributed by atoms with E-state index in [0.717, 1.165) is 44.6 Å². The molecule has 1 heterocycles. The monoisotopic (exact) mass is 891 g/mol. The average molecular weight is 892 g/mol. The minimum absolute atomic E-state index is 0.857. The molecule has 0 unspecified atom stereocenters. The van der Waals surface area contributed by atoms with Gasteiger partial charge in [0.1, 0.15) is 11.2 Å². The van der Waals surface area contributed by atoms with Crippen LogP contribution >= 0.6 is 0 Å². The van der Waals surface area contributed by atoms with Crippen LogP contribution in [-0.2, 0) is 0 Å². The Hall–Kier alpha value is -9.24. The maximum atomic E-state index is 6.49. The van der Waals surface area contributed by atoms with Gasteiger partial charge in [-0.15, -0.1) is 0 Å². The Morgan fingerprint density at radius 1 is 0.243 bits per heavy atom. The first kappa shape index (κ1) is 41.0. The first-order chi connectivity index (χ1) is 34.7. The van der Waals surface area contributed by atoms with Crippen LogP contribution in [0, 0.1) is 0 Å². The van der Waals surface area contributed by atoms with Crippen LogP contribution in [0.3, 0.4) is 0 Å². The smallest absolute Gasteiger partial charge is 0.137 e. The molecule has 0 bridgehead atoms. The number of para-hydroxylation sites is 1. The molecule has 0 saturated heterocycles. The highest BCUT2D eigenvalue weighted by Gasteiger charge is 2.26. The van der Waals surface area contributed by atoms with Crippen LogP contribution in [0.2, 0.25) is 0 Å². The molecule has 0 amide bonds. The Kier molecular flexibility index (Phi) is 10.2. The second kappa shape index (κ2) is 17.4. The van der Waals surface area contributed by atoms with E-state index < -0.39 is 0 Å². The fourth-order valence-corrected chi connectivity index (χ4v) is 10.6. The maximum absolute atomic E-state index is 6.49. The topological polar surface area (TPSA) is 16.4 Å². The molecular formula is C68H45NO. The molecule has 70 heavy (non-hydrogen) atoms. The molecular weight excluding hydrogens is 847 g/mol. The van der Waals surface area contributed by atoms with Gasteiger partial charge in [-0.25, -0.2) is 0 Å². The zero-order valence-corrected chi connectivity index (χ0v) is 38.3. The van der Waals surface area contributed by atoms with E-state index in [1.165, 1.54) is 82.7 Å². The van der Waals surface area contributed by atoms with Crippen LogP contribution in [0.5, 0.6) is 0 Å². The summed E-state index contributed by atoms with van der Waals surface area (Å²) in [4.78, 5) is 2.34. The van der Waals surface area contributed by atoms with Gasteiger partial charge in [0.05, 0.1) is 0 Å². The lowest BCUT2D eigenvalue weighted by molar-refractivity contribution is 0.669. The summed E-state index contributed by atoms with van der Waals surface area (Å²) in [6, 6.07) is 98.8. The number of benzene rings is 12. The molecule has 13 aromatic rings. The predicted molar refractivity (Wildman–Crippen MR) is 296 cm³/mol. The quantitative estimate of drug-likeness (QED) is 0.144. The Morgan fingerprint density at radius 2 is 0.714 bits per heavy atom. The zero-order valence-electron chi connectivity index (χ0n) is 38.3. The Balaban J connectivity index is 1.02. The van der Waals surface area contributed by atoms with Crippen molar-refractivity contribution in [1.29, 1.82) is 0 Å². The number of fused-ring (bicyclic) bond motifs is 5. The van der Waals surface area contributed by atoms with Crippen molar-refractivity contribution in [2.24, 2.45) is 0 Å². The van der Waals surface area contributed by atoms with Gasteiger partial charge < -0.3 is 9.32 Å². The number of anilines is 3. The Labute approximate surface area is 407 Å². The molecule has 12 aromatic carbocycles. The number of rotatable bonds is 9.